The number of rotatable bonds is 9. The number of amides is 1. The Morgan fingerprint density at radius 2 is 1.70 bits per heavy atom. The molecule has 0 spiro atoms. The van der Waals surface area contributed by atoms with Crippen molar-refractivity contribution in [2.75, 3.05) is 23.8 Å². The van der Waals surface area contributed by atoms with Crippen LogP contribution in [0.4, 0.5) is 11.4 Å². The molecule has 0 aliphatic heterocycles. The second kappa shape index (κ2) is 10.1. The monoisotopic (exact) mass is 368 g/mol. The van der Waals surface area contributed by atoms with Gasteiger partial charge in [-0.15, -0.1) is 0 Å². The third-order valence-corrected chi connectivity index (χ3v) is 3.86. The summed E-state index contributed by atoms with van der Waals surface area (Å²) < 4.78 is 5.15. The summed E-state index contributed by atoms with van der Waals surface area (Å²) in [5, 5.41) is 5.73. The van der Waals surface area contributed by atoms with E-state index < -0.39 is 0 Å². The van der Waals surface area contributed by atoms with Gasteiger partial charge in [-0.2, -0.15) is 0 Å². The minimum atomic E-state index is -0.349. The van der Waals surface area contributed by atoms with Crippen LogP contribution in [0.3, 0.4) is 0 Å². The highest BCUT2D eigenvalue weighted by atomic mass is 16.5. The molecule has 27 heavy (non-hydrogen) atoms. The summed E-state index contributed by atoms with van der Waals surface area (Å²) >= 11 is 0. The fourth-order valence-corrected chi connectivity index (χ4v) is 2.32. The number of anilines is 2. The fraction of sp³-hybridized carbons (Fsp3) is 0.286. The van der Waals surface area contributed by atoms with Crippen LogP contribution in [0, 0.1) is 0 Å². The molecule has 0 aliphatic carbocycles. The van der Waals surface area contributed by atoms with E-state index in [2.05, 4.69) is 10.6 Å². The predicted octanol–water partition coefficient (Wildman–Crippen LogP) is 3.90. The number of benzene rings is 2. The van der Waals surface area contributed by atoms with E-state index in [0.29, 0.717) is 29.1 Å². The second-order valence-electron chi connectivity index (χ2n) is 6.11. The quantitative estimate of drug-likeness (QED) is 0.398. The lowest BCUT2D eigenvalue weighted by Gasteiger charge is -2.09. The first-order valence-electron chi connectivity index (χ1n) is 8.91. The average molecular weight is 368 g/mol. The zero-order valence-corrected chi connectivity index (χ0v) is 15.6. The van der Waals surface area contributed by atoms with Gasteiger partial charge in [0.1, 0.15) is 0 Å². The van der Waals surface area contributed by atoms with Gasteiger partial charge in [-0.1, -0.05) is 25.5 Å². The van der Waals surface area contributed by atoms with Crippen LogP contribution in [0.2, 0.25) is 0 Å². The molecule has 0 atom stereocenters. The number of carbonyl (C=O) groups is 3. The van der Waals surface area contributed by atoms with E-state index in [1.807, 2.05) is 6.92 Å². The molecule has 0 aliphatic rings. The van der Waals surface area contributed by atoms with Crippen LogP contribution >= 0.6 is 0 Å². The summed E-state index contributed by atoms with van der Waals surface area (Å²) in [5.41, 5.74) is 2.30. The highest BCUT2D eigenvalue weighted by molar-refractivity contribution is 5.98. The van der Waals surface area contributed by atoms with E-state index in [9.17, 15) is 14.4 Å². The first kappa shape index (κ1) is 20.2. The third kappa shape index (κ3) is 6.58. The van der Waals surface area contributed by atoms with Crippen molar-refractivity contribution in [3.8, 4) is 0 Å². The summed E-state index contributed by atoms with van der Waals surface area (Å²) in [6, 6.07) is 13.5. The van der Waals surface area contributed by atoms with Gasteiger partial charge in [-0.25, -0.2) is 4.79 Å². The van der Waals surface area contributed by atoms with Gasteiger partial charge < -0.3 is 15.4 Å². The minimum absolute atomic E-state index is 0.0578. The molecular weight excluding hydrogens is 344 g/mol. The van der Waals surface area contributed by atoms with E-state index in [0.717, 1.165) is 12.8 Å². The number of nitrogens with one attached hydrogen (secondary N) is 2. The lowest BCUT2D eigenvalue weighted by Crippen LogP contribution is -2.21. The summed E-state index contributed by atoms with van der Waals surface area (Å²) in [6.07, 6.45) is 1.81. The molecule has 0 bridgehead atoms. The molecule has 142 valence electrons. The van der Waals surface area contributed by atoms with E-state index in [4.69, 9.17) is 4.74 Å². The van der Waals surface area contributed by atoms with Gasteiger partial charge in [0.25, 0.3) is 0 Å². The standard InChI is InChI=1S/C21H24N2O4/c1-3-4-12-27-21(26)16-8-10-18(11-9-16)22-14-20(25)23-19-7-5-6-17(13-19)15(2)24/h5-11,13,22H,3-4,12,14H2,1-2H3,(H,23,25). The van der Waals surface area contributed by atoms with Gasteiger partial charge in [0.2, 0.25) is 5.91 Å². The highest BCUT2D eigenvalue weighted by Crippen LogP contribution is 2.13. The molecule has 0 unspecified atom stereocenters. The Labute approximate surface area is 158 Å². The summed E-state index contributed by atoms with van der Waals surface area (Å²) in [4.78, 5) is 35.3. The number of Topliss-reactive ketones (excluding diaryl/α,β-unsaturated/α-hetero) is 1. The number of hydrogen-bond acceptors (Lipinski definition) is 5. The van der Waals surface area contributed by atoms with Crippen LogP contribution in [0.5, 0.6) is 0 Å². The molecule has 2 aromatic rings. The van der Waals surface area contributed by atoms with Gasteiger partial charge in [0.05, 0.1) is 18.7 Å². The smallest absolute Gasteiger partial charge is 0.338 e. The molecule has 1 amide bonds. The maximum Gasteiger partial charge on any atom is 0.338 e. The average Bonchev–Trinajstić information content (AvgIpc) is 2.67. The molecule has 0 aromatic heterocycles. The molecule has 6 nitrogen and oxygen atoms in total. The van der Waals surface area contributed by atoms with E-state index in [1.165, 1.54) is 6.92 Å². The van der Waals surface area contributed by atoms with Crippen molar-refractivity contribution < 1.29 is 19.1 Å². The number of esters is 1. The highest BCUT2D eigenvalue weighted by Gasteiger charge is 2.08. The van der Waals surface area contributed by atoms with Gasteiger partial charge in [-0.05, 0) is 49.7 Å². The van der Waals surface area contributed by atoms with Gasteiger partial charge in [0, 0.05) is 16.9 Å². The number of ketones is 1. The van der Waals surface area contributed by atoms with Crippen LogP contribution in [-0.2, 0) is 9.53 Å². The Balaban J connectivity index is 1.83. The van der Waals surface area contributed by atoms with Crippen LogP contribution in [-0.4, -0.2) is 30.8 Å². The minimum Gasteiger partial charge on any atom is -0.462 e. The van der Waals surface area contributed by atoms with Crippen molar-refractivity contribution in [2.24, 2.45) is 0 Å². The molecular formula is C21H24N2O4. The number of carbonyl (C=O) groups excluding carboxylic acids is 3. The van der Waals surface area contributed by atoms with Crippen LogP contribution in [0.1, 0.15) is 47.4 Å². The van der Waals surface area contributed by atoms with Gasteiger partial charge in [-0.3, -0.25) is 9.59 Å². The molecule has 0 saturated heterocycles. The molecule has 6 heteroatoms. The van der Waals surface area contributed by atoms with Crippen molar-refractivity contribution in [3.63, 3.8) is 0 Å². The Hall–Kier alpha value is -3.15. The molecule has 0 saturated carbocycles. The molecule has 0 heterocycles. The van der Waals surface area contributed by atoms with E-state index >= 15 is 0 Å². The van der Waals surface area contributed by atoms with E-state index in [-0.39, 0.29) is 24.2 Å². The molecule has 2 rings (SSSR count). The Morgan fingerprint density at radius 3 is 2.37 bits per heavy atom. The van der Waals surface area contributed by atoms with Gasteiger partial charge in [0.15, 0.2) is 5.78 Å². The van der Waals surface area contributed by atoms with E-state index in [1.54, 1.807) is 48.5 Å². The van der Waals surface area contributed by atoms with Crippen molar-refractivity contribution in [1.29, 1.82) is 0 Å². The van der Waals surface area contributed by atoms with Crippen LogP contribution < -0.4 is 10.6 Å². The summed E-state index contributed by atoms with van der Waals surface area (Å²) in [6.45, 7) is 3.99. The lowest BCUT2D eigenvalue weighted by molar-refractivity contribution is -0.114. The number of unbranched alkanes of at least 4 members (excludes halogenated alkanes) is 1. The predicted molar refractivity (Wildman–Crippen MR) is 105 cm³/mol. The van der Waals surface area contributed by atoms with Crippen molar-refractivity contribution in [2.45, 2.75) is 26.7 Å². The SMILES string of the molecule is CCCCOC(=O)c1ccc(NCC(=O)Nc2cccc(C(C)=O)c2)cc1. The van der Waals surface area contributed by atoms with Crippen LogP contribution in [0.25, 0.3) is 0 Å². The maximum atomic E-state index is 12.1. The summed E-state index contributed by atoms with van der Waals surface area (Å²) in [5.74, 6) is -0.644. The van der Waals surface area contributed by atoms with Crippen LogP contribution in [0.15, 0.2) is 48.5 Å². The Morgan fingerprint density at radius 1 is 0.963 bits per heavy atom. The largest absolute Gasteiger partial charge is 0.462 e. The Bertz CT molecular complexity index is 800. The van der Waals surface area contributed by atoms with Gasteiger partial charge >= 0.3 is 5.97 Å². The molecule has 2 N–H and O–H groups in total. The molecule has 0 fully saturated rings. The first-order chi connectivity index (χ1) is 13.0. The van der Waals surface area contributed by atoms with Crippen molar-refractivity contribution in [3.05, 3.63) is 59.7 Å². The van der Waals surface area contributed by atoms with Crippen molar-refractivity contribution in [1.82, 2.24) is 0 Å². The zero-order chi connectivity index (χ0) is 19.6. The third-order valence-electron chi connectivity index (χ3n) is 3.86. The second-order valence-corrected chi connectivity index (χ2v) is 6.11. The maximum absolute atomic E-state index is 12.1. The number of hydrogen-bond donors (Lipinski definition) is 2. The first-order valence-corrected chi connectivity index (χ1v) is 8.91. The molecule has 0 radical (unpaired) electrons. The fourth-order valence-electron chi connectivity index (χ4n) is 2.32. The Kier molecular flexibility index (Phi) is 7.55. The normalized spacial score (nSPS) is 10.1. The zero-order valence-electron chi connectivity index (χ0n) is 15.6. The molecule has 2 aromatic carbocycles. The van der Waals surface area contributed by atoms with Crippen molar-refractivity contribution >= 4 is 29.0 Å². The summed E-state index contributed by atoms with van der Waals surface area (Å²) in [7, 11) is 0. The number of ether oxygens (including phenoxy) is 1. The topological polar surface area (TPSA) is 84.5 Å². The lowest BCUT2D eigenvalue weighted by atomic mass is 10.1.